The average molecular weight is 490 g/mol. The summed E-state index contributed by atoms with van der Waals surface area (Å²) in [4.78, 5) is 38.0. The molecule has 2 aromatic carbocycles. The summed E-state index contributed by atoms with van der Waals surface area (Å²) in [6.45, 7) is 0.160. The highest BCUT2D eigenvalue weighted by Crippen LogP contribution is 2.20. The number of ether oxygens (including phenoxy) is 1. The summed E-state index contributed by atoms with van der Waals surface area (Å²) < 4.78 is 11.2. The fraction of sp³-hybridized carbons (Fsp3) is 0.158. The van der Waals surface area contributed by atoms with E-state index < -0.39 is 10.8 Å². The van der Waals surface area contributed by atoms with Gasteiger partial charge >= 0.3 is 11.8 Å². The molecule has 0 atom stereocenters. The molecule has 0 radical (unpaired) electrons. The van der Waals surface area contributed by atoms with Gasteiger partial charge in [0.05, 0.1) is 4.92 Å². The van der Waals surface area contributed by atoms with Crippen LogP contribution in [0.25, 0.3) is 11.4 Å². The Morgan fingerprint density at radius 1 is 1.06 bits per heavy atom. The first-order valence-corrected chi connectivity index (χ1v) is 9.73. The zero-order valence-electron chi connectivity index (χ0n) is 15.9. The first-order chi connectivity index (χ1) is 14.9. The third-order valence-electron chi connectivity index (χ3n) is 3.87. The monoisotopic (exact) mass is 489 g/mol. The molecule has 0 aliphatic heterocycles. The fourth-order valence-corrected chi connectivity index (χ4v) is 2.61. The van der Waals surface area contributed by atoms with E-state index in [0.717, 1.165) is 4.47 Å². The van der Waals surface area contributed by atoms with E-state index in [1.165, 1.54) is 24.3 Å². The Bertz CT molecular complexity index is 1070. The second-order valence-electron chi connectivity index (χ2n) is 6.08. The van der Waals surface area contributed by atoms with E-state index in [4.69, 9.17) is 9.26 Å². The highest BCUT2D eigenvalue weighted by Gasteiger charge is 2.16. The van der Waals surface area contributed by atoms with Crippen molar-refractivity contribution in [2.45, 2.75) is 0 Å². The van der Waals surface area contributed by atoms with E-state index >= 15 is 0 Å². The van der Waals surface area contributed by atoms with Crippen molar-refractivity contribution in [3.8, 4) is 17.1 Å². The Morgan fingerprint density at radius 2 is 1.74 bits per heavy atom. The number of nitro benzene ring substituents is 1. The van der Waals surface area contributed by atoms with Crippen LogP contribution in [0.1, 0.15) is 10.7 Å². The lowest BCUT2D eigenvalue weighted by Gasteiger charge is -2.07. The van der Waals surface area contributed by atoms with Gasteiger partial charge in [0.15, 0.2) is 6.61 Å². The van der Waals surface area contributed by atoms with Crippen molar-refractivity contribution >= 4 is 33.4 Å². The number of aromatic nitrogens is 2. The number of benzene rings is 2. The van der Waals surface area contributed by atoms with Gasteiger partial charge in [-0.15, -0.1) is 0 Å². The number of rotatable bonds is 9. The Morgan fingerprint density at radius 3 is 2.42 bits per heavy atom. The summed E-state index contributed by atoms with van der Waals surface area (Å²) in [5.74, 6) is -0.528. The normalized spacial score (nSPS) is 10.4. The molecular formula is C19H16BrN5O6. The molecule has 0 unspecified atom stereocenters. The van der Waals surface area contributed by atoms with Crippen LogP contribution in [-0.4, -0.2) is 46.6 Å². The molecular weight excluding hydrogens is 474 g/mol. The van der Waals surface area contributed by atoms with Gasteiger partial charge in [-0.2, -0.15) is 4.98 Å². The molecule has 1 heterocycles. The number of halogens is 1. The average Bonchev–Trinajstić information content (AvgIpc) is 3.27. The molecule has 2 N–H and O–H groups in total. The third-order valence-corrected chi connectivity index (χ3v) is 4.40. The van der Waals surface area contributed by atoms with Gasteiger partial charge in [0.1, 0.15) is 5.75 Å². The maximum absolute atomic E-state index is 12.1. The Kier molecular flexibility index (Phi) is 7.27. The van der Waals surface area contributed by atoms with Crippen molar-refractivity contribution in [2.24, 2.45) is 0 Å². The van der Waals surface area contributed by atoms with Gasteiger partial charge in [-0.3, -0.25) is 19.7 Å². The number of nitrogens with one attached hydrogen (secondary N) is 2. The highest BCUT2D eigenvalue weighted by atomic mass is 79.9. The number of carbonyl (C=O) groups excluding carboxylic acids is 2. The molecule has 0 spiro atoms. The summed E-state index contributed by atoms with van der Waals surface area (Å²) in [6.07, 6.45) is 0. The number of nitro groups is 1. The van der Waals surface area contributed by atoms with Crippen LogP contribution in [0.5, 0.6) is 5.75 Å². The molecule has 31 heavy (non-hydrogen) atoms. The number of hydrogen-bond acceptors (Lipinski definition) is 8. The Labute approximate surface area is 184 Å². The molecule has 0 aliphatic rings. The van der Waals surface area contributed by atoms with Crippen molar-refractivity contribution in [3.05, 3.63) is 69.0 Å². The van der Waals surface area contributed by atoms with Crippen LogP contribution >= 0.6 is 15.9 Å². The lowest BCUT2D eigenvalue weighted by molar-refractivity contribution is -0.384. The summed E-state index contributed by atoms with van der Waals surface area (Å²) in [5.41, 5.74) is 0.390. The van der Waals surface area contributed by atoms with Crippen LogP contribution in [0.2, 0.25) is 0 Å². The molecule has 0 bridgehead atoms. The highest BCUT2D eigenvalue weighted by molar-refractivity contribution is 9.10. The predicted octanol–water partition coefficient (Wildman–Crippen LogP) is 2.33. The maximum atomic E-state index is 12.1. The lowest BCUT2D eigenvalue weighted by Crippen LogP contribution is -2.36. The van der Waals surface area contributed by atoms with Crippen molar-refractivity contribution in [3.63, 3.8) is 0 Å². The minimum absolute atomic E-state index is 0.0745. The molecule has 2 amide bonds. The van der Waals surface area contributed by atoms with Crippen molar-refractivity contribution in [1.82, 2.24) is 20.8 Å². The van der Waals surface area contributed by atoms with Crippen LogP contribution in [0.15, 0.2) is 57.5 Å². The summed E-state index contributed by atoms with van der Waals surface area (Å²) >= 11 is 3.31. The van der Waals surface area contributed by atoms with Gasteiger partial charge in [0, 0.05) is 35.3 Å². The molecule has 3 aromatic rings. The number of carbonyl (C=O) groups is 2. The van der Waals surface area contributed by atoms with Gasteiger partial charge in [-0.25, -0.2) is 0 Å². The SMILES string of the molecule is O=C(COc1ccc(Br)cc1)NCCNC(=O)c1nc(-c2ccc([N+](=O)[O-])cc2)no1. The predicted molar refractivity (Wildman–Crippen MR) is 111 cm³/mol. The van der Waals surface area contributed by atoms with E-state index in [1.807, 2.05) is 0 Å². The van der Waals surface area contributed by atoms with Crippen molar-refractivity contribution in [2.75, 3.05) is 19.7 Å². The number of amides is 2. The molecule has 0 fully saturated rings. The fourth-order valence-electron chi connectivity index (χ4n) is 2.35. The van der Waals surface area contributed by atoms with Gasteiger partial charge in [0.25, 0.3) is 11.6 Å². The Balaban J connectivity index is 1.40. The topological polar surface area (TPSA) is 149 Å². The standard InChI is InChI=1S/C19H16BrN5O6/c20-13-3-7-15(8-4-13)30-11-16(26)21-9-10-22-18(27)19-23-17(24-31-19)12-1-5-14(6-2-12)25(28)29/h1-8H,9-11H2,(H,21,26)(H,22,27). The van der Waals surface area contributed by atoms with E-state index in [-0.39, 0.29) is 43.0 Å². The van der Waals surface area contributed by atoms with Gasteiger partial charge < -0.3 is 19.9 Å². The smallest absolute Gasteiger partial charge is 0.316 e. The molecule has 12 heteroatoms. The van der Waals surface area contributed by atoms with E-state index in [2.05, 4.69) is 36.7 Å². The number of hydrogen-bond donors (Lipinski definition) is 2. The number of nitrogens with zero attached hydrogens (tertiary/aromatic N) is 3. The zero-order chi connectivity index (χ0) is 22.2. The minimum atomic E-state index is -0.610. The molecule has 0 saturated heterocycles. The molecule has 0 aliphatic carbocycles. The van der Waals surface area contributed by atoms with E-state index in [1.54, 1.807) is 24.3 Å². The largest absolute Gasteiger partial charge is 0.484 e. The summed E-state index contributed by atoms with van der Waals surface area (Å²) in [7, 11) is 0. The third kappa shape index (κ3) is 6.34. The molecule has 160 valence electrons. The number of non-ortho nitro benzene ring substituents is 1. The van der Waals surface area contributed by atoms with Crippen LogP contribution in [0, 0.1) is 10.1 Å². The van der Waals surface area contributed by atoms with E-state index in [9.17, 15) is 19.7 Å². The first-order valence-electron chi connectivity index (χ1n) is 8.94. The second-order valence-corrected chi connectivity index (χ2v) is 6.99. The quantitative estimate of drug-likeness (QED) is 0.264. The minimum Gasteiger partial charge on any atom is -0.484 e. The van der Waals surface area contributed by atoms with Gasteiger partial charge in [0.2, 0.25) is 5.82 Å². The van der Waals surface area contributed by atoms with Crippen molar-refractivity contribution < 1.29 is 23.8 Å². The molecule has 1 aromatic heterocycles. The lowest BCUT2D eigenvalue weighted by atomic mass is 10.2. The van der Waals surface area contributed by atoms with Crippen LogP contribution in [0.4, 0.5) is 5.69 Å². The molecule has 11 nitrogen and oxygen atoms in total. The van der Waals surface area contributed by atoms with Crippen LogP contribution in [-0.2, 0) is 4.79 Å². The Hall–Kier alpha value is -3.80. The van der Waals surface area contributed by atoms with Gasteiger partial charge in [-0.05, 0) is 36.4 Å². The van der Waals surface area contributed by atoms with E-state index in [0.29, 0.717) is 11.3 Å². The first kappa shape index (κ1) is 21.9. The van der Waals surface area contributed by atoms with Gasteiger partial charge in [-0.1, -0.05) is 21.1 Å². The second kappa shape index (κ2) is 10.3. The summed E-state index contributed by atoms with van der Waals surface area (Å²) in [6, 6.07) is 12.6. The van der Waals surface area contributed by atoms with Crippen molar-refractivity contribution in [1.29, 1.82) is 0 Å². The van der Waals surface area contributed by atoms with Crippen LogP contribution in [0.3, 0.4) is 0 Å². The maximum Gasteiger partial charge on any atom is 0.316 e. The summed E-state index contributed by atoms with van der Waals surface area (Å²) in [5, 5.41) is 19.5. The van der Waals surface area contributed by atoms with Crippen LogP contribution < -0.4 is 15.4 Å². The molecule has 0 saturated carbocycles. The molecule has 3 rings (SSSR count). The zero-order valence-corrected chi connectivity index (χ0v) is 17.5.